The summed E-state index contributed by atoms with van der Waals surface area (Å²) in [5.74, 6) is 0. The summed E-state index contributed by atoms with van der Waals surface area (Å²) in [6.07, 6.45) is 9.09. The van der Waals surface area contributed by atoms with Gasteiger partial charge in [0.1, 0.15) is 0 Å². The van der Waals surface area contributed by atoms with E-state index in [0.717, 1.165) is 11.3 Å². The molecular formula is C68H49N. The maximum Gasteiger partial charge on any atom is 0.0720 e. The van der Waals surface area contributed by atoms with E-state index in [1.54, 1.807) is 0 Å². The van der Waals surface area contributed by atoms with Gasteiger partial charge in [-0.2, -0.15) is 0 Å². The van der Waals surface area contributed by atoms with Crippen LogP contribution in [0, 0.1) is 0 Å². The van der Waals surface area contributed by atoms with E-state index >= 15 is 0 Å². The molecule has 0 saturated carbocycles. The van der Waals surface area contributed by atoms with Gasteiger partial charge in [0.05, 0.1) is 10.8 Å². The lowest BCUT2D eigenvalue weighted by atomic mass is 9.51. The minimum atomic E-state index is -0.691. The van der Waals surface area contributed by atoms with Crippen LogP contribution in [0.1, 0.15) is 50.1 Å². The van der Waals surface area contributed by atoms with Crippen LogP contribution in [-0.4, -0.2) is 0 Å². The smallest absolute Gasteiger partial charge is 0.0720 e. The number of anilines is 1. The highest BCUT2D eigenvalue weighted by Crippen LogP contribution is 2.65. The Balaban J connectivity index is 1.12. The van der Waals surface area contributed by atoms with Crippen LogP contribution < -0.4 is 5.32 Å². The predicted octanol–water partition coefficient (Wildman–Crippen LogP) is 16.8. The van der Waals surface area contributed by atoms with E-state index in [2.05, 4.69) is 297 Å². The molecule has 0 amide bonds. The van der Waals surface area contributed by atoms with Crippen molar-refractivity contribution >= 4 is 17.3 Å². The number of nitrogens with one attached hydrogen (secondary N) is 1. The molecule has 1 N–H and O–H groups in total. The summed E-state index contributed by atoms with van der Waals surface area (Å²) in [6.45, 7) is 0. The lowest BCUT2D eigenvalue weighted by Crippen LogP contribution is -2.44. The predicted molar refractivity (Wildman–Crippen MR) is 289 cm³/mol. The van der Waals surface area contributed by atoms with Crippen LogP contribution in [-0.2, 0) is 10.8 Å². The van der Waals surface area contributed by atoms with Crippen LogP contribution in [0.5, 0.6) is 0 Å². The topological polar surface area (TPSA) is 12.0 Å². The lowest BCUT2D eigenvalue weighted by Gasteiger charge is -2.50. The zero-order valence-electron chi connectivity index (χ0n) is 38.2. The second-order valence-corrected chi connectivity index (χ2v) is 18.0. The van der Waals surface area contributed by atoms with Crippen molar-refractivity contribution in [2.24, 2.45) is 0 Å². The van der Waals surface area contributed by atoms with Gasteiger partial charge in [0, 0.05) is 11.9 Å². The van der Waals surface area contributed by atoms with E-state index in [4.69, 9.17) is 0 Å². The average Bonchev–Trinajstić information content (AvgIpc) is 3.70. The van der Waals surface area contributed by atoms with Crippen LogP contribution in [0.4, 0.5) is 5.69 Å². The molecule has 69 heavy (non-hydrogen) atoms. The fourth-order valence-corrected chi connectivity index (χ4v) is 11.4. The Morgan fingerprint density at radius 3 is 1.29 bits per heavy atom. The molecule has 1 nitrogen and oxygen atoms in total. The van der Waals surface area contributed by atoms with E-state index in [0.29, 0.717) is 0 Å². The van der Waals surface area contributed by atoms with E-state index in [1.165, 1.54) is 89.0 Å². The molecule has 0 bridgehead atoms. The fourth-order valence-electron chi connectivity index (χ4n) is 11.4. The normalized spacial score (nSPS) is 15.2. The molecule has 0 radical (unpaired) electrons. The van der Waals surface area contributed by atoms with Crippen LogP contribution in [0.25, 0.3) is 45.0 Å². The highest BCUT2D eigenvalue weighted by Gasteiger charge is 2.57. The summed E-state index contributed by atoms with van der Waals surface area (Å²) < 4.78 is 0. The first-order chi connectivity index (χ1) is 34.2. The number of fused-ring (bicyclic) bond motifs is 6. The Labute approximate surface area is 405 Å². The van der Waals surface area contributed by atoms with Crippen LogP contribution >= 0.6 is 0 Å². The van der Waals surface area contributed by atoms with Gasteiger partial charge in [-0.15, -0.1) is 0 Å². The molecule has 0 saturated heterocycles. The molecule has 0 aliphatic heterocycles. The SMILES string of the molecule is C(=C\Nc1ccc(-c2ccccc2)cc1)/C=C1\C(=C/c2ccc(-c3ccccc3)cc2-c2ccccc2)C2(c3ccccc31)c1ccccc1C(c1ccccc1)(c1ccccc1)c1ccccc12. The van der Waals surface area contributed by atoms with Crippen molar-refractivity contribution in [3.63, 3.8) is 0 Å². The van der Waals surface area contributed by atoms with Gasteiger partial charge in [0.25, 0.3) is 0 Å². The standard InChI is InChI=1S/C68H49N/c1-6-23-49(24-7-1)51-42-44-57(45-43-51)69-46-22-34-59-58-33-16-17-35-61(58)68(66(59)48-54-41-40-53(50-25-8-2-9-26-50)47-60(54)52-27-10-3-11-28-52)64-38-20-18-36-62(64)67(55-29-12-4-13-30-55,56-31-14-5-15-32-56)63-37-19-21-39-65(63)68/h1-48,69H/b46-22+,59-34-,66-48+. The molecule has 0 unspecified atom stereocenters. The molecule has 1 spiro atoms. The Kier molecular flexibility index (Phi) is 10.7. The van der Waals surface area contributed by atoms with E-state index in [1.807, 2.05) is 0 Å². The summed E-state index contributed by atoms with van der Waals surface area (Å²) in [4.78, 5) is 0. The number of allylic oxidation sites excluding steroid dienone is 4. The van der Waals surface area contributed by atoms with Crippen molar-refractivity contribution < 1.29 is 0 Å². The minimum absolute atomic E-state index is 0.597. The molecule has 0 fully saturated rings. The van der Waals surface area contributed by atoms with Crippen molar-refractivity contribution in [1.29, 1.82) is 0 Å². The highest BCUT2D eigenvalue weighted by molar-refractivity contribution is 6.01. The minimum Gasteiger partial charge on any atom is -0.362 e. The van der Waals surface area contributed by atoms with Crippen molar-refractivity contribution in [2.45, 2.75) is 10.8 Å². The third-order valence-corrected chi connectivity index (χ3v) is 14.3. The van der Waals surface area contributed by atoms with E-state index in [-0.39, 0.29) is 0 Å². The summed E-state index contributed by atoms with van der Waals surface area (Å²) in [7, 11) is 0. The number of hydrogen-bond donors (Lipinski definition) is 1. The third kappa shape index (κ3) is 7.02. The first-order valence-corrected chi connectivity index (χ1v) is 23.9. The molecule has 0 atom stereocenters. The fraction of sp³-hybridized carbons (Fsp3) is 0.0294. The molecule has 2 aliphatic rings. The highest BCUT2D eigenvalue weighted by atomic mass is 14.8. The first-order valence-electron chi connectivity index (χ1n) is 23.9. The Bertz CT molecular complexity index is 3440. The van der Waals surface area contributed by atoms with Crippen LogP contribution in [0.3, 0.4) is 0 Å². The van der Waals surface area contributed by atoms with Gasteiger partial charge in [-0.25, -0.2) is 0 Å². The number of rotatable bonds is 9. The maximum absolute atomic E-state index is 3.59. The van der Waals surface area contributed by atoms with Crippen molar-refractivity contribution in [3.05, 3.63) is 341 Å². The van der Waals surface area contributed by atoms with Gasteiger partial charge in [-0.3, -0.25) is 0 Å². The molecule has 0 aromatic heterocycles. The monoisotopic (exact) mass is 879 g/mol. The summed E-state index contributed by atoms with van der Waals surface area (Å²) in [6, 6.07) is 97.8. The third-order valence-electron chi connectivity index (χ3n) is 14.3. The summed E-state index contributed by atoms with van der Waals surface area (Å²) in [5, 5.41) is 3.59. The molecule has 10 aromatic carbocycles. The van der Waals surface area contributed by atoms with Crippen molar-refractivity contribution in [2.75, 3.05) is 5.32 Å². The maximum atomic E-state index is 3.59. The van der Waals surface area contributed by atoms with Crippen molar-refractivity contribution in [3.8, 4) is 33.4 Å². The van der Waals surface area contributed by atoms with Crippen molar-refractivity contribution in [1.82, 2.24) is 0 Å². The zero-order valence-corrected chi connectivity index (χ0v) is 38.2. The number of hydrogen-bond acceptors (Lipinski definition) is 1. The molecule has 2 aliphatic carbocycles. The lowest BCUT2D eigenvalue weighted by molar-refractivity contribution is 0.625. The van der Waals surface area contributed by atoms with Gasteiger partial charge in [-0.05, 0) is 125 Å². The second kappa shape index (κ2) is 17.8. The van der Waals surface area contributed by atoms with Gasteiger partial charge in [0.2, 0.25) is 0 Å². The van der Waals surface area contributed by atoms with Gasteiger partial charge >= 0.3 is 0 Å². The van der Waals surface area contributed by atoms with E-state index in [9.17, 15) is 0 Å². The number of benzene rings is 10. The quantitative estimate of drug-likeness (QED) is 0.152. The van der Waals surface area contributed by atoms with E-state index < -0.39 is 10.8 Å². The Morgan fingerprint density at radius 2 is 0.739 bits per heavy atom. The second-order valence-electron chi connectivity index (χ2n) is 18.0. The Hall–Kier alpha value is -8.78. The summed E-state index contributed by atoms with van der Waals surface area (Å²) in [5.41, 5.74) is 20.6. The Morgan fingerprint density at radius 1 is 0.319 bits per heavy atom. The van der Waals surface area contributed by atoms with Crippen LogP contribution in [0.2, 0.25) is 0 Å². The molecule has 12 rings (SSSR count). The largest absolute Gasteiger partial charge is 0.362 e. The van der Waals surface area contributed by atoms with Gasteiger partial charge in [-0.1, -0.05) is 255 Å². The van der Waals surface area contributed by atoms with Gasteiger partial charge in [0.15, 0.2) is 0 Å². The molecular weight excluding hydrogens is 831 g/mol. The molecule has 326 valence electrons. The average molecular weight is 880 g/mol. The molecule has 10 aromatic rings. The zero-order chi connectivity index (χ0) is 46.0. The van der Waals surface area contributed by atoms with Crippen LogP contribution in [0.15, 0.2) is 291 Å². The molecule has 1 heteroatoms. The summed E-state index contributed by atoms with van der Waals surface area (Å²) >= 11 is 0. The first kappa shape index (κ1) is 41.6. The molecule has 0 heterocycles. The van der Waals surface area contributed by atoms with Gasteiger partial charge < -0.3 is 5.32 Å².